The topological polar surface area (TPSA) is 56.8 Å². The number of methoxy groups -OCH3 is 1. The van der Waals surface area contributed by atoms with Crippen LogP contribution in [0.25, 0.3) is 5.76 Å². The van der Waals surface area contributed by atoms with Gasteiger partial charge in [0.15, 0.2) is 11.3 Å². The van der Waals surface area contributed by atoms with E-state index in [-0.39, 0.29) is 11.3 Å². The molecule has 0 bridgehead atoms. The highest BCUT2D eigenvalue weighted by Crippen LogP contribution is 2.26. The first-order chi connectivity index (χ1) is 7.24. The molecule has 15 heavy (non-hydrogen) atoms. The molecule has 0 spiro atoms. The molecule has 0 aromatic heterocycles. The predicted octanol–water partition coefficient (Wildman–Crippen LogP) is 2.85. The minimum Gasteiger partial charge on any atom is -0.494 e. The molecule has 0 aliphatic rings. The van der Waals surface area contributed by atoms with E-state index in [4.69, 9.17) is 15.3 Å². The predicted molar refractivity (Wildman–Crippen MR) is 59.3 cm³/mol. The summed E-state index contributed by atoms with van der Waals surface area (Å²) in [6.45, 7) is 0. The first kappa shape index (κ1) is 11.3. The van der Waals surface area contributed by atoms with Gasteiger partial charge in [-0.05, 0) is 6.07 Å². The lowest BCUT2D eigenvalue weighted by molar-refractivity contribution is 0.368. The molecule has 0 fully saturated rings. The van der Waals surface area contributed by atoms with Crippen molar-refractivity contribution in [1.82, 2.24) is 0 Å². The second kappa shape index (κ2) is 5.19. The van der Waals surface area contributed by atoms with Gasteiger partial charge in [-0.25, -0.2) is 0 Å². The normalized spacial score (nSPS) is 8.53. The summed E-state index contributed by atoms with van der Waals surface area (Å²) in [5.74, 6) is 0.285. The molecule has 74 valence electrons. The maximum Gasteiger partial charge on any atom is 0.172 e. The fraction of sp³-hybridized carbons (Fsp3) is 0.0909. The Morgan fingerprint density at radius 2 is 1.87 bits per heavy atom. The van der Waals surface area contributed by atoms with Crippen LogP contribution >= 0.6 is 15.9 Å². The van der Waals surface area contributed by atoms with Crippen LogP contribution in [-0.4, -0.2) is 7.11 Å². The van der Waals surface area contributed by atoms with E-state index in [0.717, 1.165) is 4.47 Å². The number of halogens is 1. The average molecular weight is 263 g/mol. The molecule has 4 heteroatoms. The third kappa shape index (κ3) is 2.37. The maximum absolute atomic E-state index is 8.75. The molecule has 0 radical (unpaired) electrons. The third-order valence-electron chi connectivity index (χ3n) is 1.77. The number of allylic oxidation sites excluding steroid dienone is 1. The lowest BCUT2D eigenvalue weighted by atomic mass is 10.1. The summed E-state index contributed by atoms with van der Waals surface area (Å²) in [6.07, 6.45) is 0. The van der Waals surface area contributed by atoms with E-state index in [1.807, 2.05) is 18.2 Å². The van der Waals surface area contributed by atoms with Gasteiger partial charge in [0.25, 0.3) is 0 Å². The van der Waals surface area contributed by atoms with E-state index < -0.39 is 0 Å². The van der Waals surface area contributed by atoms with Crippen molar-refractivity contribution >= 4 is 21.7 Å². The van der Waals surface area contributed by atoms with E-state index >= 15 is 0 Å². The summed E-state index contributed by atoms with van der Waals surface area (Å²) >= 11 is 3.33. The third-order valence-corrected chi connectivity index (χ3v) is 2.46. The summed E-state index contributed by atoms with van der Waals surface area (Å²) in [4.78, 5) is 0. The second-order valence-corrected chi connectivity index (χ2v) is 3.47. The van der Waals surface area contributed by atoms with Crippen molar-refractivity contribution in [2.75, 3.05) is 7.11 Å². The van der Waals surface area contributed by atoms with Crippen LogP contribution in [0.3, 0.4) is 0 Å². The molecular formula is C11H7BrN2O. The first-order valence-electron chi connectivity index (χ1n) is 4.08. The van der Waals surface area contributed by atoms with Gasteiger partial charge in [0.1, 0.15) is 12.1 Å². The molecule has 1 aromatic carbocycles. The molecule has 0 aliphatic heterocycles. The van der Waals surface area contributed by atoms with Crippen molar-refractivity contribution in [3.8, 4) is 12.1 Å². The quantitative estimate of drug-likeness (QED) is 0.609. The van der Waals surface area contributed by atoms with E-state index in [9.17, 15) is 0 Å². The zero-order valence-electron chi connectivity index (χ0n) is 7.99. The average Bonchev–Trinajstić information content (AvgIpc) is 2.27. The van der Waals surface area contributed by atoms with Gasteiger partial charge >= 0.3 is 0 Å². The molecule has 1 rings (SSSR count). The van der Waals surface area contributed by atoms with E-state index in [1.54, 1.807) is 18.2 Å². The summed E-state index contributed by atoms with van der Waals surface area (Å²) in [5, 5.41) is 17.5. The Morgan fingerprint density at radius 1 is 1.27 bits per heavy atom. The Balaban J connectivity index is 3.40. The molecular weight excluding hydrogens is 256 g/mol. The largest absolute Gasteiger partial charge is 0.494 e. The van der Waals surface area contributed by atoms with E-state index in [1.165, 1.54) is 7.11 Å². The molecule has 0 saturated carbocycles. The van der Waals surface area contributed by atoms with Gasteiger partial charge in [-0.3, -0.25) is 0 Å². The van der Waals surface area contributed by atoms with Crippen LogP contribution in [0.1, 0.15) is 5.56 Å². The van der Waals surface area contributed by atoms with Gasteiger partial charge in [0.05, 0.1) is 7.11 Å². The number of benzene rings is 1. The van der Waals surface area contributed by atoms with Crippen LogP contribution in [-0.2, 0) is 4.74 Å². The molecule has 0 amide bonds. The Morgan fingerprint density at radius 3 is 2.33 bits per heavy atom. The fourth-order valence-electron chi connectivity index (χ4n) is 1.12. The van der Waals surface area contributed by atoms with Crippen molar-refractivity contribution in [3.63, 3.8) is 0 Å². The summed E-state index contributed by atoms with van der Waals surface area (Å²) in [5.41, 5.74) is 0.655. The minimum absolute atomic E-state index is 0.0376. The van der Waals surface area contributed by atoms with Crippen LogP contribution in [0.4, 0.5) is 0 Å². The Bertz CT molecular complexity index is 464. The second-order valence-electron chi connectivity index (χ2n) is 2.61. The first-order valence-corrected chi connectivity index (χ1v) is 4.87. The van der Waals surface area contributed by atoms with Gasteiger partial charge in [0, 0.05) is 10.0 Å². The Kier molecular flexibility index (Phi) is 3.91. The highest BCUT2D eigenvalue weighted by atomic mass is 79.9. The van der Waals surface area contributed by atoms with Crippen molar-refractivity contribution in [3.05, 3.63) is 39.9 Å². The van der Waals surface area contributed by atoms with Gasteiger partial charge in [-0.2, -0.15) is 10.5 Å². The number of hydrogen-bond donors (Lipinski definition) is 0. The summed E-state index contributed by atoms with van der Waals surface area (Å²) < 4.78 is 5.85. The summed E-state index contributed by atoms with van der Waals surface area (Å²) in [6, 6.07) is 10.9. The highest BCUT2D eigenvalue weighted by Gasteiger charge is 2.11. The summed E-state index contributed by atoms with van der Waals surface area (Å²) in [7, 11) is 1.43. The zero-order valence-corrected chi connectivity index (χ0v) is 9.58. The standard InChI is InChI=1S/C11H7BrN2O/c1-15-11(8(6-13)7-14)9-4-2-3-5-10(9)12/h2-5H,1H3. The lowest BCUT2D eigenvalue weighted by Gasteiger charge is -2.07. The SMILES string of the molecule is COC(=C(C#N)C#N)c1ccccc1Br. The molecule has 0 aliphatic carbocycles. The van der Waals surface area contributed by atoms with Crippen LogP contribution in [0, 0.1) is 22.7 Å². The number of hydrogen-bond acceptors (Lipinski definition) is 3. The van der Waals surface area contributed by atoms with E-state index in [2.05, 4.69) is 15.9 Å². The van der Waals surface area contributed by atoms with Crippen LogP contribution in [0.5, 0.6) is 0 Å². The van der Waals surface area contributed by atoms with Gasteiger partial charge in [0.2, 0.25) is 0 Å². The van der Waals surface area contributed by atoms with Crippen molar-refractivity contribution in [2.45, 2.75) is 0 Å². The maximum atomic E-state index is 8.75. The Labute approximate surface area is 96.3 Å². The monoisotopic (exact) mass is 262 g/mol. The molecule has 0 atom stereocenters. The highest BCUT2D eigenvalue weighted by molar-refractivity contribution is 9.10. The number of rotatable bonds is 2. The molecule has 0 unspecified atom stereocenters. The molecule has 0 N–H and O–H groups in total. The molecule has 1 aromatic rings. The fourth-order valence-corrected chi connectivity index (χ4v) is 1.58. The van der Waals surface area contributed by atoms with Crippen molar-refractivity contribution in [2.24, 2.45) is 0 Å². The Hall–Kier alpha value is -1.78. The van der Waals surface area contributed by atoms with Crippen LogP contribution in [0.15, 0.2) is 34.3 Å². The van der Waals surface area contributed by atoms with Gasteiger partial charge in [-0.15, -0.1) is 0 Å². The minimum atomic E-state index is -0.0376. The van der Waals surface area contributed by atoms with Crippen molar-refractivity contribution < 1.29 is 4.74 Å². The number of ether oxygens (including phenoxy) is 1. The number of nitrogens with zero attached hydrogens (tertiary/aromatic N) is 2. The zero-order chi connectivity index (χ0) is 11.3. The van der Waals surface area contributed by atoms with E-state index in [0.29, 0.717) is 5.56 Å². The molecule has 0 saturated heterocycles. The van der Waals surface area contributed by atoms with Crippen LogP contribution in [0.2, 0.25) is 0 Å². The molecule has 0 heterocycles. The smallest absolute Gasteiger partial charge is 0.172 e. The lowest BCUT2D eigenvalue weighted by Crippen LogP contribution is -1.92. The van der Waals surface area contributed by atoms with Gasteiger partial charge < -0.3 is 4.74 Å². The van der Waals surface area contributed by atoms with Gasteiger partial charge in [-0.1, -0.05) is 34.1 Å². The van der Waals surface area contributed by atoms with Crippen molar-refractivity contribution in [1.29, 1.82) is 10.5 Å². The number of nitriles is 2. The van der Waals surface area contributed by atoms with Crippen LogP contribution < -0.4 is 0 Å². The molecule has 3 nitrogen and oxygen atoms in total.